The van der Waals surface area contributed by atoms with Crippen LogP contribution in [0, 0.1) is 0 Å². The van der Waals surface area contributed by atoms with E-state index in [4.69, 9.17) is 9.97 Å². The van der Waals surface area contributed by atoms with Gasteiger partial charge in [0.2, 0.25) is 0 Å². The molecule has 0 saturated heterocycles. The van der Waals surface area contributed by atoms with Crippen molar-refractivity contribution < 1.29 is 0 Å². The normalized spacial score (nSPS) is 11.6. The van der Waals surface area contributed by atoms with Gasteiger partial charge in [-0.3, -0.25) is 4.57 Å². The lowest BCUT2D eigenvalue weighted by atomic mass is 9.98. The molecule has 0 aliphatic heterocycles. The number of fused-ring (bicyclic) bond motifs is 6. The number of hydrogen-bond donors (Lipinski definition) is 0. The second kappa shape index (κ2) is 10.0. The molecule has 3 aromatic heterocycles. The van der Waals surface area contributed by atoms with Gasteiger partial charge in [0.05, 0.1) is 22.2 Å². The Morgan fingerprint density at radius 3 is 2.02 bits per heavy atom. The van der Waals surface area contributed by atoms with E-state index >= 15 is 0 Å². The average Bonchev–Trinajstić information content (AvgIpc) is 3.68. The summed E-state index contributed by atoms with van der Waals surface area (Å²) in [6.07, 6.45) is 0. The second-order valence-corrected chi connectivity index (χ2v) is 12.1. The monoisotopic (exact) mass is 579 g/mol. The van der Waals surface area contributed by atoms with Crippen LogP contribution in [0.2, 0.25) is 0 Å². The number of hydrogen-bond acceptors (Lipinski definition) is 3. The molecule has 0 unspecified atom stereocenters. The van der Waals surface area contributed by atoms with E-state index in [1.54, 1.807) is 0 Å². The van der Waals surface area contributed by atoms with Crippen LogP contribution >= 0.6 is 11.3 Å². The fourth-order valence-corrected chi connectivity index (χ4v) is 7.57. The highest BCUT2D eigenvalue weighted by Gasteiger charge is 2.17. The summed E-state index contributed by atoms with van der Waals surface area (Å²) in [6.45, 7) is 0. The van der Waals surface area contributed by atoms with Gasteiger partial charge in [0.1, 0.15) is 5.82 Å². The number of nitrogens with zero attached hydrogens (tertiary/aromatic N) is 3. The Hall–Kier alpha value is -5.58. The Bertz CT molecular complexity index is 2490. The number of benzene rings is 6. The standard InChI is InChI=1S/C40H25N3S/c1-2-11-27(12-3-1)40-42-34-18-7-8-19-35(34)43(40)30-23-21-26(22-24-30)28-13-10-14-29(25-28)38-37-32-16-5-9-20-36(32)44-39(37)31-15-4-6-17-33(31)41-38/h1-25H. The maximum atomic E-state index is 5.24. The summed E-state index contributed by atoms with van der Waals surface area (Å²) in [5, 5.41) is 3.70. The van der Waals surface area contributed by atoms with Crippen molar-refractivity contribution in [1.29, 1.82) is 0 Å². The Morgan fingerprint density at radius 2 is 1.16 bits per heavy atom. The van der Waals surface area contributed by atoms with Gasteiger partial charge in [-0.2, -0.15) is 0 Å². The molecule has 0 bridgehead atoms. The summed E-state index contributed by atoms with van der Waals surface area (Å²) in [4.78, 5) is 10.2. The molecular weight excluding hydrogens is 555 g/mol. The van der Waals surface area contributed by atoms with Gasteiger partial charge < -0.3 is 0 Å². The molecule has 9 aromatic rings. The molecule has 3 heterocycles. The van der Waals surface area contributed by atoms with Gasteiger partial charge >= 0.3 is 0 Å². The molecule has 0 amide bonds. The van der Waals surface area contributed by atoms with Crippen molar-refractivity contribution in [2.24, 2.45) is 0 Å². The van der Waals surface area contributed by atoms with Gasteiger partial charge in [0.25, 0.3) is 0 Å². The van der Waals surface area contributed by atoms with Crippen molar-refractivity contribution in [3.8, 4) is 39.5 Å². The molecule has 0 aliphatic rings. The zero-order valence-corrected chi connectivity index (χ0v) is 24.5. The summed E-state index contributed by atoms with van der Waals surface area (Å²) in [5.41, 5.74) is 9.76. The summed E-state index contributed by atoms with van der Waals surface area (Å²) < 4.78 is 4.83. The lowest BCUT2D eigenvalue weighted by molar-refractivity contribution is 1.10. The van der Waals surface area contributed by atoms with Gasteiger partial charge in [-0.15, -0.1) is 11.3 Å². The van der Waals surface area contributed by atoms with Crippen LogP contribution in [0.5, 0.6) is 0 Å². The molecule has 0 radical (unpaired) electrons. The summed E-state index contributed by atoms with van der Waals surface area (Å²) in [5.74, 6) is 0.941. The smallest absolute Gasteiger partial charge is 0.145 e. The van der Waals surface area contributed by atoms with E-state index in [0.717, 1.165) is 56.0 Å². The van der Waals surface area contributed by atoms with Crippen LogP contribution in [0.1, 0.15) is 0 Å². The summed E-state index contributed by atoms with van der Waals surface area (Å²) in [6, 6.07) is 53.5. The van der Waals surface area contributed by atoms with E-state index in [9.17, 15) is 0 Å². The van der Waals surface area contributed by atoms with E-state index in [2.05, 4.69) is 144 Å². The minimum atomic E-state index is 0.941. The van der Waals surface area contributed by atoms with Crippen LogP contribution < -0.4 is 0 Å². The topological polar surface area (TPSA) is 30.7 Å². The first kappa shape index (κ1) is 25.0. The highest BCUT2D eigenvalue weighted by atomic mass is 32.1. The first-order chi connectivity index (χ1) is 21.8. The fourth-order valence-electron chi connectivity index (χ4n) is 6.34. The van der Waals surface area contributed by atoms with Crippen LogP contribution in [0.15, 0.2) is 152 Å². The largest absolute Gasteiger partial charge is 0.292 e. The van der Waals surface area contributed by atoms with Crippen LogP contribution in [0.4, 0.5) is 0 Å². The first-order valence-electron chi connectivity index (χ1n) is 14.8. The molecule has 4 heteroatoms. The molecule has 44 heavy (non-hydrogen) atoms. The molecule has 3 nitrogen and oxygen atoms in total. The maximum absolute atomic E-state index is 5.24. The molecule has 0 atom stereocenters. The third kappa shape index (κ3) is 3.96. The molecule has 0 fully saturated rings. The van der Waals surface area contributed by atoms with Crippen molar-refractivity contribution in [3.63, 3.8) is 0 Å². The average molecular weight is 580 g/mol. The molecule has 0 aliphatic carbocycles. The van der Waals surface area contributed by atoms with Gasteiger partial charge in [0.15, 0.2) is 0 Å². The Morgan fingerprint density at radius 1 is 0.477 bits per heavy atom. The number of rotatable bonds is 4. The van der Waals surface area contributed by atoms with E-state index in [1.165, 1.54) is 25.6 Å². The van der Waals surface area contributed by atoms with Crippen molar-refractivity contribution in [2.75, 3.05) is 0 Å². The van der Waals surface area contributed by atoms with E-state index in [-0.39, 0.29) is 0 Å². The SMILES string of the molecule is c1ccc(-c2nc3ccccc3n2-c2ccc(-c3cccc(-c4nc5ccccc5c5sc6ccccc6c45)c3)cc2)cc1. The highest BCUT2D eigenvalue weighted by Crippen LogP contribution is 2.43. The lowest BCUT2D eigenvalue weighted by Gasteiger charge is -2.12. The van der Waals surface area contributed by atoms with E-state index < -0.39 is 0 Å². The fraction of sp³-hybridized carbons (Fsp3) is 0. The second-order valence-electron chi connectivity index (χ2n) is 11.0. The Balaban J connectivity index is 1.17. The van der Waals surface area contributed by atoms with Crippen LogP contribution in [0.3, 0.4) is 0 Å². The van der Waals surface area contributed by atoms with Crippen LogP contribution in [-0.4, -0.2) is 14.5 Å². The van der Waals surface area contributed by atoms with Gasteiger partial charge in [-0.05, 0) is 53.6 Å². The zero-order chi connectivity index (χ0) is 29.0. The first-order valence-corrected chi connectivity index (χ1v) is 15.6. The molecular formula is C40H25N3S. The Labute approximate surface area is 258 Å². The molecule has 206 valence electrons. The minimum absolute atomic E-state index is 0.941. The third-order valence-corrected chi connectivity index (χ3v) is 9.60. The predicted molar refractivity (Wildman–Crippen MR) is 186 cm³/mol. The third-order valence-electron chi connectivity index (χ3n) is 8.40. The maximum Gasteiger partial charge on any atom is 0.145 e. The number of pyridine rings is 1. The van der Waals surface area contributed by atoms with Crippen molar-refractivity contribution >= 4 is 53.4 Å². The summed E-state index contributed by atoms with van der Waals surface area (Å²) >= 11 is 1.85. The molecule has 6 aromatic carbocycles. The quantitative estimate of drug-likeness (QED) is 0.208. The van der Waals surface area contributed by atoms with Gasteiger partial charge in [-0.25, -0.2) is 9.97 Å². The Kier molecular flexibility index (Phi) is 5.68. The minimum Gasteiger partial charge on any atom is -0.292 e. The number of aromatic nitrogens is 3. The van der Waals surface area contributed by atoms with Gasteiger partial charge in [-0.1, -0.05) is 109 Å². The van der Waals surface area contributed by atoms with Gasteiger partial charge in [0, 0.05) is 42.4 Å². The van der Waals surface area contributed by atoms with E-state index in [0.29, 0.717) is 0 Å². The van der Waals surface area contributed by atoms with E-state index in [1.807, 2.05) is 23.5 Å². The van der Waals surface area contributed by atoms with Crippen molar-refractivity contribution in [3.05, 3.63) is 152 Å². The zero-order valence-electron chi connectivity index (χ0n) is 23.7. The van der Waals surface area contributed by atoms with Crippen LogP contribution in [0.25, 0.3) is 81.6 Å². The molecule has 0 N–H and O–H groups in total. The summed E-state index contributed by atoms with van der Waals surface area (Å²) in [7, 11) is 0. The number of para-hydroxylation sites is 3. The number of thiophene rings is 1. The predicted octanol–water partition coefficient (Wildman–Crippen LogP) is 10.9. The van der Waals surface area contributed by atoms with Crippen molar-refractivity contribution in [1.82, 2.24) is 14.5 Å². The highest BCUT2D eigenvalue weighted by molar-refractivity contribution is 7.26. The van der Waals surface area contributed by atoms with Crippen molar-refractivity contribution in [2.45, 2.75) is 0 Å². The van der Waals surface area contributed by atoms with Crippen LogP contribution in [-0.2, 0) is 0 Å². The molecule has 0 spiro atoms. The lowest BCUT2D eigenvalue weighted by Crippen LogP contribution is -1.97. The molecule has 0 saturated carbocycles. The molecule has 9 rings (SSSR count). The number of imidazole rings is 1.